The van der Waals surface area contributed by atoms with Gasteiger partial charge in [0, 0.05) is 19.3 Å². The highest BCUT2D eigenvalue weighted by molar-refractivity contribution is 5.19. The molecule has 0 bridgehead atoms. The molecule has 19 heavy (non-hydrogen) atoms. The molecule has 102 valence electrons. The molecule has 1 aliphatic heterocycles. The van der Waals surface area contributed by atoms with Gasteiger partial charge in [-0.3, -0.25) is 0 Å². The Bertz CT molecular complexity index is 434. The molecule has 0 N–H and O–H groups in total. The van der Waals surface area contributed by atoms with Crippen molar-refractivity contribution in [2.24, 2.45) is 5.92 Å². The first-order valence-corrected chi connectivity index (χ1v) is 7.03. The van der Waals surface area contributed by atoms with Crippen LogP contribution in [0.4, 0.5) is 0 Å². The maximum atomic E-state index is 5.74. The van der Waals surface area contributed by atoms with Crippen LogP contribution in [0.25, 0.3) is 0 Å². The maximum absolute atomic E-state index is 5.74. The first kappa shape index (κ1) is 13.7. The molecule has 0 aromatic heterocycles. The lowest BCUT2D eigenvalue weighted by Crippen LogP contribution is -2.19. The lowest BCUT2D eigenvalue weighted by molar-refractivity contribution is 0.201. The molecule has 0 radical (unpaired) electrons. The summed E-state index contributed by atoms with van der Waals surface area (Å²) in [5.41, 5.74) is 1.34. The van der Waals surface area contributed by atoms with E-state index in [1.807, 2.05) is 0 Å². The number of rotatable bonds is 6. The van der Waals surface area contributed by atoms with Crippen LogP contribution in [-0.4, -0.2) is 18.1 Å². The van der Waals surface area contributed by atoms with Gasteiger partial charge in [0.1, 0.15) is 5.76 Å². The lowest BCUT2D eigenvalue weighted by Gasteiger charge is -2.23. The maximum Gasteiger partial charge on any atom is 0.118 e. The summed E-state index contributed by atoms with van der Waals surface area (Å²) in [4.78, 5) is 2.28. The van der Waals surface area contributed by atoms with Crippen LogP contribution in [0.15, 0.2) is 54.4 Å². The molecule has 0 aliphatic carbocycles. The Morgan fingerprint density at radius 1 is 1.21 bits per heavy atom. The normalized spacial score (nSPS) is 14.7. The predicted molar refractivity (Wildman–Crippen MR) is 79.5 cm³/mol. The van der Waals surface area contributed by atoms with Gasteiger partial charge in [0.25, 0.3) is 0 Å². The number of hydrogen-bond donors (Lipinski definition) is 0. The largest absolute Gasteiger partial charge is 0.494 e. The van der Waals surface area contributed by atoms with E-state index in [2.05, 4.69) is 67.4 Å². The number of nitrogens with zero attached hydrogens (tertiary/aromatic N) is 1. The van der Waals surface area contributed by atoms with Gasteiger partial charge in [0.05, 0.1) is 6.61 Å². The average Bonchev–Trinajstić information content (AvgIpc) is 2.42. The van der Waals surface area contributed by atoms with Gasteiger partial charge in [-0.2, -0.15) is 0 Å². The number of benzene rings is 1. The Kier molecular flexibility index (Phi) is 5.08. The summed E-state index contributed by atoms with van der Waals surface area (Å²) < 4.78 is 5.74. The molecule has 0 atom stereocenters. The third-order valence-corrected chi connectivity index (χ3v) is 3.17. The molecule has 0 spiro atoms. The highest BCUT2D eigenvalue weighted by Gasteiger charge is 2.06. The summed E-state index contributed by atoms with van der Waals surface area (Å²) >= 11 is 0. The van der Waals surface area contributed by atoms with Crippen molar-refractivity contribution in [3.05, 3.63) is 60.0 Å². The van der Waals surface area contributed by atoms with Crippen molar-refractivity contribution in [2.45, 2.75) is 26.8 Å². The van der Waals surface area contributed by atoms with Crippen molar-refractivity contribution in [1.82, 2.24) is 4.90 Å². The molecule has 0 fully saturated rings. The molecule has 2 heteroatoms. The molecule has 0 saturated heterocycles. The van der Waals surface area contributed by atoms with E-state index in [1.54, 1.807) is 0 Å². The van der Waals surface area contributed by atoms with Crippen molar-refractivity contribution in [3.8, 4) is 0 Å². The molecule has 1 heterocycles. The second-order valence-electron chi connectivity index (χ2n) is 5.37. The third-order valence-electron chi connectivity index (χ3n) is 3.17. The molecule has 0 unspecified atom stereocenters. The number of allylic oxidation sites excluding steroid dienone is 1. The summed E-state index contributed by atoms with van der Waals surface area (Å²) in [5.74, 6) is 1.70. The van der Waals surface area contributed by atoms with E-state index in [1.165, 1.54) is 5.56 Å². The van der Waals surface area contributed by atoms with Crippen molar-refractivity contribution in [2.75, 3.05) is 13.2 Å². The first-order chi connectivity index (χ1) is 9.24. The van der Waals surface area contributed by atoms with Crippen LogP contribution in [0, 0.1) is 5.92 Å². The third kappa shape index (κ3) is 4.82. The Balaban J connectivity index is 1.76. The molecule has 1 aliphatic rings. The van der Waals surface area contributed by atoms with Crippen LogP contribution in [0.1, 0.15) is 25.8 Å². The fourth-order valence-electron chi connectivity index (χ4n) is 1.97. The van der Waals surface area contributed by atoms with E-state index in [9.17, 15) is 0 Å². The molecule has 1 aromatic rings. The van der Waals surface area contributed by atoms with E-state index in [0.29, 0.717) is 5.92 Å². The summed E-state index contributed by atoms with van der Waals surface area (Å²) in [7, 11) is 0. The molecule has 2 rings (SSSR count). The van der Waals surface area contributed by atoms with E-state index in [0.717, 1.165) is 31.9 Å². The van der Waals surface area contributed by atoms with Crippen molar-refractivity contribution >= 4 is 0 Å². The van der Waals surface area contributed by atoms with E-state index in [-0.39, 0.29) is 0 Å². The highest BCUT2D eigenvalue weighted by atomic mass is 16.5. The topological polar surface area (TPSA) is 12.5 Å². The fraction of sp³-hybridized carbons (Fsp3) is 0.412. The van der Waals surface area contributed by atoms with E-state index in [4.69, 9.17) is 4.74 Å². The van der Waals surface area contributed by atoms with Gasteiger partial charge in [0.2, 0.25) is 0 Å². The number of hydrogen-bond acceptors (Lipinski definition) is 2. The van der Waals surface area contributed by atoms with Crippen LogP contribution in [0.2, 0.25) is 0 Å². The van der Waals surface area contributed by atoms with Gasteiger partial charge in [-0.05, 0) is 30.1 Å². The standard InChI is InChI=1S/C17H23NO/c1-15(2)10-13-19-17-8-11-18(12-9-17)14-16-6-4-3-5-7-16/h3-9,11,15H,10,12-14H2,1-2H3. The van der Waals surface area contributed by atoms with Crippen LogP contribution >= 0.6 is 0 Å². The molecule has 0 saturated carbocycles. The summed E-state index contributed by atoms with van der Waals surface area (Å²) in [6, 6.07) is 10.5. The minimum atomic E-state index is 0.697. The second-order valence-corrected chi connectivity index (χ2v) is 5.37. The van der Waals surface area contributed by atoms with Crippen LogP contribution < -0.4 is 0 Å². The van der Waals surface area contributed by atoms with Gasteiger partial charge in [-0.1, -0.05) is 44.2 Å². The lowest BCUT2D eigenvalue weighted by atomic mass is 10.1. The SMILES string of the molecule is CC(C)CCOC1=CCN(Cc2ccccc2)C=C1. The molecular weight excluding hydrogens is 234 g/mol. The molecule has 1 aromatic carbocycles. The van der Waals surface area contributed by atoms with Crippen molar-refractivity contribution in [1.29, 1.82) is 0 Å². The highest BCUT2D eigenvalue weighted by Crippen LogP contribution is 2.13. The zero-order valence-electron chi connectivity index (χ0n) is 11.9. The van der Waals surface area contributed by atoms with Gasteiger partial charge < -0.3 is 9.64 Å². The molecule has 2 nitrogen and oxygen atoms in total. The van der Waals surface area contributed by atoms with Crippen molar-refractivity contribution < 1.29 is 4.74 Å². The van der Waals surface area contributed by atoms with Gasteiger partial charge >= 0.3 is 0 Å². The zero-order valence-corrected chi connectivity index (χ0v) is 11.9. The quantitative estimate of drug-likeness (QED) is 0.764. The monoisotopic (exact) mass is 257 g/mol. The van der Waals surface area contributed by atoms with E-state index < -0.39 is 0 Å². The number of ether oxygens (including phenoxy) is 1. The van der Waals surface area contributed by atoms with E-state index >= 15 is 0 Å². The first-order valence-electron chi connectivity index (χ1n) is 7.03. The smallest absolute Gasteiger partial charge is 0.118 e. The van der Waals surface area contributed by atoms with Crippen LogP contribution in [0.3, 0.4) is 0 Å². The Morgan fingerprint density at radius 3 is 2.63 bits per heavy atom. The van der Waals surface area contributed by atoms with Gasteiger partial charge in [-0.15, -0.1) is 0 Å². The zero-order chi connectivity index (χ0) is 13.5. The molecular formula is C17H23NO. The summed E-state index contributed by atoms with van der Waals surface area (Å²) in [6.45, 7) is 7.12. The van der Waals surface area contributed by atoms with Crippen LogP contribution in [-0.2, 0) is 11.3 Å². The average molecular weight is 257 g/mol. The Labute approximate surface area is 116 Å². The minimum absolute atomic E-state index is 0.697. The fourth-order valence-corrected chi connectivity index (χ4v) is 1.97. The Hall–Kier alpha value is -1.70. The van der Waals surface area contributed by atoms with Crippen molar-refractivity contribution in [3.63, 3.8) is 0 Å². The van der Waals surface area contributed by atoms with Gasteiger partial charge in [-0.25, -0.2) is 0 Å². The predicted octanol–water partition coefficient (Wildman–Crippen LogP) is 3.96. The van der Waals surface area contributed by atoms with Crippen LogP contribution in [0.5, 0.6) is 0 Å². The second kappa shape index (κ2) is 7.03. The Morgan fingerprint density at radius 2 is 2.00 bits per heavy atom. The molecule has 0 amide bonds. The van der Waals surface area contributed by atoms with Gasteiger partial charge in [0.15, 0.2) is 0 Å². The minimum Gasteiger partial charge on any atom is -0.494 e. The summed E-state index contributed by atoms with van der Waals surface area (Å²) in [5, 5.41) is 0. The summed E-state index contributed by atoms with van der Waals surface area (Å²) in [6.07, 6.45) is 7.45.